The maximum absolute atomic E-state index is 12.9. The first kappa shape index (κ1) is 18.6. The number of carbonyl (C=O) groups excluding carboxylic acids is 1. The summed E-state index contributed by atoms with van der Waals surface area (Å²) in [7, 11) is 1.60. The van der Waals surface area contributed by atoms with Crippen LogP contribution in [0.25, 0.3) is 16.2 Å². The number of nitro groups is 1. The SMILES string of the molecule is COc1ccc(-c2cn3c(C(=O)Nc4c(C)cccc4[N+](=O)[O-])csc3n2)cc1. The number of ether oxygens (including phenoxy) is 1. The number of amides is 1. The minimum Gasteiger partial charge on any atom is -0.497 e. The fraction of sp³-hybridized carbons (Fsp3) is 0.100. The van der Waals surface area contributed by atoms with Crippen LogP contribution in [0, 0.1) is 17.0 Å². The van der Waals surface area contributed by atoms with Gasteiger partial charge in [-0.15, -0.1) is 11.3 Å². The number of nitro benzene ring substituents is 1. The molecule has 146 valence electrons. The molecule has 0 aliphatic heterocycles. The topological polar surface area (TPSA) is 98.8 Å². The van der Waals surface area contributed by atoms with Crippen LogP contribution in [0.4, 0.5) is 11.4 Å². The molecule has 2 aromatic heterocycles. The number of para-hydroxylation sites is 1. The normalized spacial score (nSPS) is 10.8. The number of aryl methyl sites for hydroxylation is 1. The molecule has 8 nitrogen and oxygen atoms in total. The fourth-order valence-corrected chi connectivity index (χ4v) is 3.85. The lowest BCUT2D eigenvalue weighted by molar-refractivity contribution is -0.384. The van der Waals surface area contributed by atoms with E-state index in [1.807, 2.05) is 24.3 Å². The van der Waals surface area contributed by atoms with Gasteiger partial charge in [0.25, 0.3) is 11.6 Å². The van der Waals surface area contributed by atoms with Gasteiger partial charge in [0.05, 0.1) is 17.7 Å². The third-order valence-electron chi connectivity index (χ3n) is 4.51. The van der Waals surface area contributed by atoms with Crippen molar-refractivity contribution < 1.29 is 14.5 Å². The summed E-state index contributed by atoms with van der Waals surface area (Å²) in [5, 5.41) is 15.7. The Morgan fingerprint density at radius 1 is 1.24 bits per heavy atom. The van der Waals surface area contributed by atoms with Crippen molar-refractivity contribution in [2.75, 3.05) is 12.4 Å². The van der Waals surface area contributed by atoms with E-state index in [0.717, 1.165) is 17.0 Å². The van der Waals surface area contributed by atoms with Crippen molar-refractivity contribution in [2.45, 2.75) is 6.92 Å². The van der Waals surface area contributed by atoms with Crippen LogP contribution in [0.15, 0.2) is 54.0 Å². The molecule has 9 heteroatoms. The van der Waals surface area contributed by atoms with Crippen LogP contribution in [0.2, 0.25) is 0 Å². The second-order valence-corrected chi connectivity index (χ2v) is 7.14. The molecule has 0 unspecified atom stereocenters. The summed E-state index contributed by atoms with van der Waals surface area (Å²) in [5.41, 5.74) is 2.63. The molecular weight excluding hydrogens is 392 g/mol. The summed E-state index contributed by atoms with van der Waals surface area (Å²) in [4.78, 5) is 28.9. The van der Waals surface area contributed by atoms with E-state index in [2.05, 4.69) is 10.3 Å². The Balaban J connectivity index is 1.67. The number of rotatable bonds is 5. The number of imidazole rings is 1. The van der Waals surface area contributed by atoms with E-state index in [1.165, 1.54) is 17.4 Å². The molecule has 1 amide bonds. The molecule has 0 aliphatic rings. The predicted molar refractivity (Wildman–Crippen MR) is 111 cm³/mol. The van der Waals surface area contributed by atoms with Crippen molar-refractivity contribution in [3.63, 3.8) is 0 Å². The Bertz CT molecular complexity index is 1230. The van der Waals surface area contributed by atoms with E-state index in [0.29, 0.717) is 16.2 Å². The number of fused-ring (bicyclic) bond motifs is 1. The minimum atomic E-state index is -0.509. The van der Waals surface area contributed by atoms with E-state index in [9.17, 15) is 14.9 Å². The summed E-state index contributed by atoms with van der Waals surface area (Å²) in [6, 6.07) is 12.1. The number of carbonyl (C=O) groups is 1. The Kier molecular flexibility index (Phi) is 4.73. The molecule has 0 aliphatic carbocycles. The Morgan fingerprint density at radius 2 is 2.00 bits per heavy atom. The van der Waals surface area contributed by atoms with Crippen LogP contribution in [-0.2, 0) is 0 Å². The van der Waals surface area contributed by atoms with E-state index < -0.39 is 10.8 Å². The fourth-order valence-electron chi connectivity index (χ4n) is 2.99. The standard InChI is InChI=1S/C20H16N4O4S/c1-12-4-3-5-16(24(26)27)18(12)22-19(25)17-11-29-20-21-15(10-23(17)20)13-6-8-14(28-2)9-7-13/h3-11H,1-2H3,(H,22,25). The second-order valence-electron chi connectivity index (χ2n) is 6.31. The quantitative estimate of drug-likeness (QED) is 0.386. The molecule has 0 spiro atoms. The number of anilines is 1. The first-order valence-corrected chi connectivity index (χ1v) is 9.52. The van der Waals surface area contributed by atoms with Crippen molar-refractivity contribution in [3.8, 4) is 17.0 Å². The van der Waals surface area contributed by atoms with Crippen molar-refractivity contribution in [2.24, 2.45) is 0 Å². The van der Waals surface area contributed by atoms with Gasteiger partial charge in [-0.05, 0) is 36.8 Å². The second kappa shape index (κ2) is 7.36. The largest absolute Gasteiger partial charge is 0.497 e. The van der Waals surface area contributed by atoms with Gasteiger partial charge < -0.3 is 10.1 Å². The number of nitrogens with zero attached hydrogens (tertiary/aromatic N) is 3. The van der Waals surface area contributed by atoms with Gasteiger partial charge in [0.15, 0.2) is 4.96 Å². The number of benzene rings is 2. The highest BCUT2D eigenvalue weighted by atomic mass is 32.1. The number of methoxy groups -OCH3 is 1. The number of thiazole rings is 1. The summed E-state index contributed by atoms with van der Waals surface area (Å²) < 4.78 is 6.85. The van der Waals surface area contributed by atoms with Crippen LogP contribution in [0.1, 0.15) is 16.1 Å². The average Bonchev–Trinajstić information content (AvgIpc) is 3.30. The highest BCUT2D eigenvalue weighted by Gasteiger charge is 2.21. The summed E-state index contributed by atoms with van der Waals surface area (Å²) in [6.45, 7) is 1.71. The van der Waals surface area contributed by atoms with Crippen molar-refractivity contribution in [3.05, 3.63) is 75.4 Å². The number of aromatic nitrogens is 2. The molecule has 0 radical (unpaired) electrons. The zero-order chi connectivity index (χ0) is 20.5. The number of nitrogens with one attached hydrogen (secondary N) is 1. The van der Waals surface area contributed by atoms with Crippen LogP contribution in [0.5, 0.6) is 5.75 Å². The molecule has 0 fully saturated rings. The summed E-state index contributed by atoms with van der Waals surface area (Å²) >= 11 is 1.32. The molecule has 1 N–H and O–H groups in total. The molecule has 0 saturated heterocycles. The molecule has 29 heavy (non-hydrogen) atoms. The summed E-state index contributed by atoms with van der Waals surface area (Å²) in [5.74, 6) is 0.307. The van der Waals surface area contributed by atoms with Gasteiger partial charge in [0.1, 0.15) is 17.1 Å². The zero-order valence-electron chi connectivity index (χ0n) is 15.6. The highest BCUT2D eigenvalue weighted by molar-refractivity contribution is 7.15. The van der Waals surface area contributed by atoms with Gasteiger partial charge in [-0.3, -0.25) is 19.3 Å². The maximum atomic E-state index is 12.9. The molecule has 0 bridgehead atoms. The molecule has 0 atom stereocenters. The first-order valence-electron chi connectivity index (χ1n) is 8.64. The van der Waals surface area contributed by atoms with Crippen molar-refractivity contribution >= 4 is 33.6 Å². The first-order chi connectivity index (χ1) is 14.0. The average molecular weight is 408 g/mol. The van der Waals surface area contributed by atoms with Crippen molar-refractivity contribution in [1.82, 2.24) is 9.38 Å². The Labute approximate surface area is 169 Å². The predicted octanol–water partition coefficient (Wildman–Crippen LogP) is 4.54. The Hall–Kier alpha value is -3.72. The Morgan fingerprint density at radius 3 is 2.69 bits per heavy atom. The van der Waals surface area contributed by atoms with Gasteiger partial charge in [-0.1, -0.05) is 12.1 Å². The van der Waals surface area contributed by atoms with E-state index in [1.54, 1.807) is 42.1 Å². The lowest BCUT2D eigenvalue weighted by Crippen LogP contribution is -2.15. The van der Waals surface area contributed by atoms with Crippen LogP contribution in [-0.4, -0.2) is 27.3 Å². The zero-order valence-corrected chi connectivity index (χ0v) is 16.4. The smallest absolute Gasteiger partial charge is 0.293 e. The van der Waals surface area contributed by atoms with Gasteiger partial charge in [0.2, 0.25) is 0 Å². The minimum absolute atomic E-state index is 0.144. The lowest BCUT2D eigenvalue weighted by Gasteiger charge is -2.08. The lowest BCUT2D eigenvalue weighted by atomic mass is 10.1. The highest BCUT2D eigenvalue weighted by Crippen LogP contribution is 2.29. The maximum Gasteiger partial charge on any atom is 0.293 e. The van der Waals surface area contributed by atoms with E-state index in [-0.39, 0.29) is 11.4 Å². The number of hydrogen-bond donors (Lipinski definition) is 1. The number of hydrogen-bond acceptors (Lipinski definition) is 6. The molecule has 2 aromatic carbocycles. The molecule has 0 saturated carbocycles. The third kappa shape index (κ3) is 3.43. The molecule has 2 heterocycles. The monoisotopic (exact) mass is 408 g/mol. The van der Waals surface area contributed by atoms with Gasteiger partial charge in [-0.25, -0.2) is 4.98 Å². The van der Waals surface area contributed by atoms with Crippen LogP contribution in [0.3, 0.4) is 0 Å². The molecule has 4 rings (SSSR count). The summed E-state index contributed by atoms with van der Waals surface area (Å²) in [6.07, 6.45) is 1.77. The van der Waals surface area contributed by atoms with Crippen LogP contribution < -0.4 is 10.1 Å². The van der Waals surface area contributed by atoms with E-state index >= 15 is 0 Å². The van der Waals surface area contributed by atoms with Gasteiger partial charge in [0, 0.05) is 23.2 Å². The van der Waals surface area contributed by atoms with Crippen molar-refractivity contribution in [1.29, 1.82) is 0 Å². The van der Waals surface area contributed by atoms with Gasteiger partial charge >= 0.3 is 0 Å². The molecular formula is C20H16N4O4S. The third-order valence-corrected chi connectivity index (χ3v) is 5.35. The molecule has 4 aromatic rings. The van der Waals surface area contributed by atoms with E-state index in [4.69, 9.17) is 4.74 Å². The van der Waals surface area contributed by atoms with Gasteiger partial charge in [-0.2, -0.15) is 0 Å². The van der Waals surface area contributed by atoms with Crippen LogP contribution >= 0.6 is 11.3 Å².